The fourth-order valence-electron chi connectivity index (χ4n) is 2.36. The molecular formula is C19H17F3N4O. The predicted molar refractivity (Wildman–Crippen MR) is 97.4 cm³/mol. The number of halogens is 3. The third kappa shape index (κ3) is 4.53. The van der Waals surface area contributed by atoms with Gasteiger partial charge in [0.15, 0.2) is 23.3 Å². The first-order valence-electron chi connectivity index (χ1n) is 8.16. The summed E-state index contributed by atoms with van der Waals surface area (Å²) in [6, 6.07) is 12.7. The van der Waals surface area contributed by atoms with Crippen molar-refractivity contribution in [2.45, 2.75) is 0 Å². The molecule has 0 atom stereocenters. The number of nitrogens with zero attached hydrogens (tertiary/aromatic N) is 2. The van der Waals surface area contributed by atoms with Crippen LogP contribution in [0.5, 0.6) is 0 Å². The molecule has 27 heavy (non-hydrogen) atoms. The standard InChI is InChI=1S/C19H17F3N4O/c1-27-10-9-23-15-11-16(24-14-8-7-13(20)17(21)18(14)22)26-19(25-15)12-5-3-2-4-6-12/h2-8,11H,9-10H2,1H3,(H2,23,24,25,26). The van der Waals surface area contributed by atoms with E-state index in [4.69, 9.17) is 4.74 Å². The highest BCUT2D eigenvalue weighted by atomic mass is 19.2. The van der Waals surface area contributed by atoms with Gasteiger partial charge in [0.05, 0.1) is 12.3 Å². The van der Waals surface area contributed by atoms with Crippen LogP contribution < -0.4 is 10.6 Å². The fourth-order valence-corrected chi connectivity index (χ4v) is 2.36. The van der Waals surface area contributed by atoms with Gasteiger partial charge in [0, 0.05) is 25.3 Å². The van der Waals surface area contributed by atoms with Gasteiger partial charge in [0.25, 0.3) is 0 Å². The summed E-state index contributed by atoms with van der Waals surface area (Å²) in [5.41, 5.74) is 0.524. The molecule has 0 bridgehead atoms. The molecule has 0 saturated heterocycles. The third-order valence-corrected chi connectivity index (χ3v) is 3.67. The molecule has 0 amide bonds. The molecule has 0 aliphatic carbocycles. The average Bonchev–Trinajstić information content (AvgIpc) is 2.69. The number of nitrogens with one attached hydrogen (secondary N) is 2. The number of benzene rings is 2. The molecule has 3 aromatic rings. The van der Waals surface area contributed by atoms with E-state index in [-0.39, 0.29) is 11.5 Å². The normalized spacial score (nSPS) is 10.7. The van der Waals surface area contributed by atoms with Gasteiger partial charge in [-0.05, 0) is 12.1 Å². The van der Waals surface area contributed by atoms with Crippen LogP contribution in [0.3, 0.4) is 0 Å². The Labute approximate surface area is 154 Å². The molecule has 1 aromatic heterocycles. The predicted octanol–water partition coefficient (Wildman–Crippen LogP) is 4.36. The Hall–Kier alpha value is -3.13. The van der Waals surface area contributed by atoms with Crippen LogP contribution in [0.25, 0.3) is 11.4 Å². The highest BCUT2D eigenvalue weighted by Crippen LogP contribution is 2.26. The molecule has 0 spiro atoms. The Morgan fingerprint density at radius 3 is 2.41 bits per heavy atom. The van der Waals surface area contributed by atoms with E-state index in [0.29, 0.717) is 24.8 Å². The summed E-state index contributed by atoms with van der Waals surface area (Å²) in [7, 11) is 1.58. The molecular weight excluding hydrogens is 357 g/mol. The van der Waals surface area contributed by atoms with Gasteiger partial charge < -0.3 is 15.4 Å². The molecule has 0 radical (unpaired) electrons. The lowest BCUT2D eigenvalue weighted by molar-refractivity contribution is 0.210. The van der Waals surface area contributed by atoms with E-state index in [1.165, 1.54) is 0 Å². The van der Waals surface area contributed by atoms with Gasteiger partial charge in [0.2, 0.25) is 0 Å². The number of hydrogen-bond acceptors (Lipinski definition) is 5. The zero-order valence-electron chi connectivity index (χ0n) is 14.5. The fraction of sp³-hybridized carbons (Fsp3) is 0.158. The van der Waals surface area contributed by atoms with E-state index in [1.807, 2.05) is 30.3 Å². The maximum absolute atomic E-state index is 14.0. The summed E-state index contributed by atoms with van der Waals surface area (Å²) in [5.74, 6) is -3.02. The molecule has 5 nitrogen and oxygen atoms in total. The minimum Gasteiger partial charge on any atom is -0.383 e. The quantitative estimate of drug-likeness (QED) is 0.475. The van der Waals surface area contributed by atoms with Crippen LogP contribution in [0.1, 0.15) is 0 Å². The van der Waals surface area contributed by atoms with Crippen molar-refractivity contribution >= 4 is 17.3 Å². The first kappa shape index (κ1) is 18.7. The highest BCUT2D eigenvalue weighted by Gasteiger charge is 2.15. The molecule has 140 valence electrons. The Morgan fingerprint density at radius 1 is 0.926 bits per heavy atom. The summed E-state index contributed by atoms with van der Waals surface area (Å²) in [6.45, 7) is 0.964. The second-order valence-electron chi connectivity index (χ2n) is 5.60. The van der Waals surface area contributed by atoms with Gasteiger partial charge in [-0.15, -0.1) is 0 Å². The Bertz CT molecular complexity index is 922. The van der Waals surface area contributed by atoms with Crippen molar-refractivity contribution in [1.82, 2.24) is 9.97 Å². The summed E-state index contributed by atoms with van der Waals surface area (Å²) >= 11 is 0. The Balaban J connectivity index is 1.96. The second kappa shape index (κ2) is 8.50. The number of rotatable bonds is 7. The van der Waals surface area contributed by atoms with Crippen molar-refractivity contribution in [3.05, 3.63) is 66.0 Å². The van der Waals surface area contributed by atoms with Crippen molar-refractivity contribution < 1.29 is 17.9 Å². The van der Waals surface area contributed by atoms with Gasteiger partial charge in [-0.3, -0.25) is 0 Å². The summed E-state index contributed by atoms with van der Waals surface area (Å²) in [4.78, 5) is 8.77. The lowest BCUT2D eigenvalue weighted by Crippen LogP contribution is -2.10. The van der Waals surface area contributed by atoms with Crippen LogP contribution in [-0.4, -0.2) is 30.2 Å². The van der Waals surface area contributed by atoms with E-state index in [2.05, 4.69) is 20.6 Å². The molecule has 2 aromatic carbocycles. The minimum absolute atomic E-state index is 0.227. The number of hydrogen-bond donors (Lipinski definition) is 2. The molecule has 0 saturated carbocycles. The first-order valence-corrected chi connectivity index (χ1v) is 8.16. The highest BCUT2D eigenvalue weighted by molar-refractivity contribution is 5.65. The summed E-state index contributed by atoms with van der Waals surface area (Å²) in [6.07, 6.45) is 0. The molecule has 1 heterocycles. The lowest BCUT2D eigenvalue weighted by atomic mass is 10.2. The Kier molecular flexibility index (Phi) is 5.87. The monoisotopic (exact) mass is 374 g/mol. The largest absolute Gasteiger partial charge is 0.383 e. The van der Waals surface area contributed by atoms with E-state index >= 15 is 0 Å². The van der Waals surface area contributed by atoms with E-state index in [0.717, 1.165) is 17.7 Å². The first-order chi connectivity index (χ1) is 13.1. The molecule has 0 fully saturated rings. The zero-order valence-corrected chi connectivity index (χ0v) is 14.5. The van der Waals surface area contributed by atoms with Crippen LogP contribution >= 0.6 is 0 Å². The topological polar surface area (TPSA) is 59.1 Å². The average molecular weight is 374 g/mol. The number of aromatic nitrogens is 2. The molecule has 2 N–H and O–H groups in total. The van der Waals surface area contributed by atoms with E-state index in [9.17, 15) is 13.2 Å². The molecule has 0 unspecified atom stereocenters. The smallest absolute Gasteiger partial charge is 0.196 e. The SMILES string of the molecule is COCCNc1cc(Nc2ccc(F)c(F)c2F)nc(-c2ccccc2)n1. The van der Waals surface area contributed by atoms with Crippen molar-refractivity contribution in [3.8, 4) is 11.4 Å². The van der Waals surface area contributed by atoms with Crippen molar-refractivity contribution in [2.75, 3.05) is 30.9 Å². The van der Waals surface area contributed by atoms with Crippen LogP contribution in [0.2, 0.25) is 0 Å². The van der Waals surface area contributed by atoms with Gasteiger partial charge in [-0.2, -0.15) is 0 Å². The van der Waals surface area contributed by atoms with E-state index < -0.39 is 17.5 Å². The van der Waals surface area contributed by atoms with Crippen LogP contribution in [-0.2, 0) is 4.74 Å². The number of methoxy groups -OCH3 is 1. The third-order valence-electron chi connectivity index (χ3n) is 3.67. The maximum Gasteiger partial charge on any atom is 0.196 e. The van der Waals surface area contributed by atoms with Crippen molar-refractivity contribution in [1.29, 1.82) is 0 Å². The molecule has 8 heteroatoms. The van der Waals surface area contributed by atoms with E-state index in [1.54, 1.807) is 13.2 Å². The van der Waals surface area contributed by atoms with Gasteiger partial charge in [-0.1, -0.05) is 30.3 Å². The molecule has 0 aliphatic heterocycles. The maximum atomic E-state index is 14.0. The van der Waals surface area contributed by atoms with Gasteiger partial charge in [0.1, 0.15) is 11.6 Å². The Morgan fingerprint density at radius 2 is 1.67 bits per heavy atom. The summed E-state index contributed by atoms with van der Waals surface area (Å²) in [5, 5.41) is 5.75. The number of ether oxygens (including phenoxy) is 1. The zero-order chi connectivity index (χ0) is 19.2. The summed E-state index contributed by atoms with van der Waals surface area (Å²) < 4.78 is 45.6. The number of anilines is 3. The van der Waals surface area contributed by atoms with Gasteiger partial charge >= 0.3 is 0 Å². The van der Waals surface area contributed by atoms with Crippen LogP contribution in [0, 0.1) is 17.5 Å². The van der Waals surface area contributed by atoms with Crippen molar-refractivity contribution in [3.63, 3.8) is 0 Å². The van der Waals surface area contributed by atoms with Crippen LogP contribution in [0.15, 0.2) is 48.5 Å². The second-order valence-corrected chi connectivity index (χ2v) is 5.60. The molecule has 3 rings (SSSR count). The van der Waals surface area contributed by atoms with Crippen molar-refractivity contribution in [2.24, 2.45) is 0 Å². The minimum atomic E-state index is -1.55. The van der Waals surface area contributed by atoms with Gasteiger partial charge in [-0.25, -0.2) is 23.1 Å². The van der Waals surface area contributed by atoms with Crippen LogP contribution in [0.4, 0.5) is 30.5 Å². The molecule has 0 aliphatic rings. The lowest BCUT2D eigenvalue weighted by Gasteiger charge is -2.12.